The molecule has 0 heterocycles. The van der Waals surface area contributed by atoms with E-state index in [1.807, 2.05) is 0 Å². The van der Waals surface area contributed by atoms with Crippen LogP contribution >= 0.6 is 0 Å². The van der Waals surface area contributed by atoms with Crippen LogP contribution < -0.4 is 5.73 Å². The van der Waals surface area contributed by atoms with Crippen LogP contribution in [-0.4, -0.2) is 17.5 Å². The van der Waals surface area contributed by atoms with Crippen LogP contribution in [0.2, 0.25) is 0 Å². The fourth-order valence-corrected chi connectivity index (χ4v) is 1.27. The smallest absolute Gasteiger partial charge is 0.419 e. The van der Waals surface area contributed by atoms with Gasteiger partial charge in [-0.15, -0.1) is 0 Å². The molecule has 0 aliphatic carbocycles. The number of hydrogen-bond donors (Lipinski definition) is 2. The molecule has 2 nitrogen and oxygen atoms in total. The number of halogens is 6. The summed E-state index contributed by atoms with van der Waals surface area (Å²) in [5.74, 6) is -1.16. The molecule has 0 saturated carbocycles. The highest BCUT2D eigenvalue weighted by molar-refractivity contribution is 5.40. The molecule has 1 rings (SSSR count). The first-order valence-corrected chi connectivity index (χ1v) is 4.22. The molecule has 0 saturated heterocycles. The SMILES string of the molecule is NC(c1ccccc1O)(C(F)(F)F)C(F)(F)F. The summed E-state index contributed by atoms with van der Waals surface area (Å²) in [6, 6.07) is 3.20. The summed E-state index contributed by atoms with van der Waals surface area (Å²) < 4.78 is 75.1. The van der Waals surface area contributed by atoms with Crippen molar-refractivity contribution in [1.29, 1.82) is 0 Å². The number of para-hydroxylation sites is 1. The van der Waals surface area contributed by atoms with Crippen LogP contribution in [0.15, 0.2) is 24.3 Å². The van der Waals surface area contributed by atoms with Crippen LogP contribution in [0.25, 0.3) is 0 Å². The highest BCUT2D eigenvalue weighted by Crippen LogP contribution is 2.50. The first-order chi connectivity index (χ1) is 7.52. The molecule has 17 heavy (non-hydrogen) atoms. The lowest BCUT2D eigenvalue weighted by atomic mass is 9.88. The summed E-state index contributed by atoms with van der Waals surface area (Å²) in [5, 5.41) is 9.09. The van der Waals surface area contributed by atoms with Gasteiger partial charge in [0, 0.05) is 5.56 Å². The van der Waals surface area contributed by atoms with Crippen molar-refractivity contribution in [3.05, 3.63) is 29.8 Å². The minimum Gasteiger partial charge on any atom is -0.508 e. The lowest BCUT2D eigenvalue weighted by molar-refractivity contribution is -0.302. The van der Waals surface area contributed by atoms with Gasteiger partial charge in [-0.1, -0.05) is 18.2 Å². The van der Waals surface area contributed by atoms with Crippen LogP contribution in [0.3, 0.4) is 0 Å². The molecule has 0 aromatic heterocycles. The summed E-state index contributed by atoms with van der Waals surface area (Å²) in [5.41, 5.74) is -1.56. The highest BCUT2D eigenvalue weighted by atomic mass is 19.4. The average Bonchev–Trinajstić information content (AvgIpc) is 2.13. The van der Waals surface area contributed by atoms with Gasteiger partial charge in [0.05, 0.1) is 0 Å². The van der Waals surface area contributed by atoms with Gasteiger partial charge in [0.15, 0.2) is 0 Å². The molecule has 0 unspecified atom stereocenters. The second-order valence-corrected chi connectivity index (χ2v) is 3.32. The molecule has 0 bridgehead atoms. The van der Waals surface area contributed by atoms with Crippen molar-refractivity contribution >= 4 is 0 Å². The Hall–Kier alpha value is -1.44. The van der Waals surface area contributed by atoms with Crippen LogP contribution in [0.4, 0.5) is 26.3 Å². The van der Waals surface area contributed by atoms with E-state index in [1.54, 1.807) is 0 Å². The van der Waals surface area contributed by atoms with E-state index in [1.165, 1.54) is 0 Å². The summed E-state index contributed by atoms with van der Waals surface area (Å²) in [4.78, 5) is 0. The molecule has 1 aromatic carbocycles. The van der Waals surface area contributed by atoms with E-state index in [4.69, 9.17) is 5.11 Å². The van der Waals surface area contributed by atoms with E-state index < -0.39 is 29.2 Å². The topological polar surface area (TPSA) is 46.2 Å². The Kier molecular flexibility index (Phi) is 3.04. The summed E-state index contributed by atoms with van der Waals surface area (Å²) in [6.07, 6.45) is -11.5. The number of hydrogen-bond acceptors (Lipinski definition) is 2. The first-order valence-electron chi connectivity index (χ1n) is 4.22. The molecule has 1 aromatic rings. The molecule has 0 aliphatic rings. The molecule has 0 atom stereocenters. The largest absolute Gasteiger partial charge is 0.508 e. The predicted octanol–water partition coefficient (Wildman–Crippen LogP) is 2.67. The molecule has 96 valence electrons. The summed E-state index contributed by atoms with van der Waals surface area (Å²) >= 11 is 0. The molecule has 8 heteroatoms. The number of phenols is 1. The normalized spacial score (nSPS) is 13.8. The minimum atomic E-state index is -5.77. The van der Waals surface area contributed by atoms with Crippen LogP contribution in [-0.2, 0) is 5.54 Å². The van der Waals surface area contributed by atoms with Gasteiger partial charge >= 0.3 is 12.4 Å². The monoisotopic (exact) mass is 259 g/mol. The standard InChI is InChI=1S/C9H7F6NO/c10-8(11,12)7(16,9(13,14)15)5-3-1-2-4-6(5)17/h1-4,17H,16H2. The van der Waals surface area contributed by atoms with Gasteiger partial charge in [0.1, 0.15) is 5.75 Å². The molecule has 0 spiro atoms. The fraction of sp³-hybridized carbons (Fsp3) is 0.333. The van der Waals surface area contributed by atoms with Crippen LogP contribution in [0, 0.1) is 0 Å². The van der Waals surface area contributed by atoms with E-state index in [2.05, 4.69) is 5.73 Å². The maximum absolute atomic E-state index is 12.5. The zero-order valence-electron chi connectivity index (χ0n) is 8.10. The molecular formula is C9H7F6NO. The van der Waals surface area contributed by atoms with E-state index in [0.717, 1.165) is 12.1 Å². The van der Waals surface area contributed by atoms with Gasteiger partial charge in [0.2, 0.25) is 5.54 Å². The molecule has 0 amide bonds. The van der Waals surface area contributed by atoms with Crippen molar-refractivity contribution in [3.8, 4) is 5.75 Å². The Balaban J connectivity index is 3.53. The van der Waals surface area contributed by atoms with Gasteiger partial charge in [-0.2, -0.15) is 26.3 Å². The van der Waals surface area contributed by atoms with Gasteiger partial charge in [-0.05, 0) is 6.07 Å². The molecule has 0 aliphatic heterocycles. The third-order valence-electron chi connectivity index (χ3n) is 2.22. The van der Waals surface area contributed by atoms with Gasteiger partial charge in [0.25, 0.3) is 0 Å². The first kappa shape index (κ1) is 13.6. The number of benzene rings is 1. The predicted molar refractivity (Wildman–Crippen MR) is 46.1 cm³/mol. The maximum Gasteiger partial charge on any atom is 0.419 e. The number of alkyl halides is 6. The van der Waals surface area contributed by atoms with Gasteiger partial charge < -0.3 is 10.8 Å². The third kappa shape index (κ3) is 2.04. The molecular weight excluding hydrogens is 252 g/mol. The van der Waals surface area contributed by atoms with E-state index in [9.17, 15) is 26.3 Å². The van der Waals surface area contributed by atoms with Crippen molar-refractivity contribution in [2.24, 2.45) is 5.73 Å². The quantitative estimate of drug-likeness (QED) is 0.761. The number of aromatic hydroxyl groups is 1. The highest BCUT2D eigenvalue weighted by Gasteiger charge is 2.70. The Morgan fingerprint density at radius 2 is 1.29 bits per heavy atom. The summed E-state index contributed by atoms with van der Waals surface area (Å²) in [6.45, 7) is 0. The molecule has 0 radical (unpaired) electrons. The Morgan fingerprint density at radius 1 is 0.882 bits per heavy atom. The zero-order chi connectivity index (χ0) is 13.5. The Bertz CT molecular complexity index is 397. The van der Waals surface area contributed by atoms with Crippen molar-refractivity contribution in [2.75, 3.05) is 0 Å². The lowest BCUT2D eigenvalue weighted by Crippen LogP contribution is -2.60. The third-order valence-corrected chi connectivity index (χ3v) is 2.22. The second-order valence-electron chi connectivity index (χ2n) is 3.32. The minimum absolute atomic E-state index is 0.482. The van der Waals surface area contributed by atoms with Gasteiger partial charge in [-0.25, -0.2) is 0 Å². The fourth-order valence-electron chi connectivity index (χ4n) is 1.27. The maximum atomic E-state index is 12.5. The van der Waals surface area contributed by atoms with Crippen LogP contribution in [0.5, 0.6) is 5.75 Å². The van der Waals surface area contributed by atoms with E-state index in [-0.39, 0.29) is 0 Å². The lowest BCUT2D eigenvalue weighted by Gasteiger charge is -2.34. The van der Waals surface area contributed by atoms with Crippen LogP contribution in [0.1, 0.15) is 5.56 Å². The van der Waals surface area contributed by atoms with Crippen molar-refractivity contribution in [3.63, 3.8) is 0 Å². The van der Waals surface area contributed by atoms with E-state index >= 15 is 0 Å². The molecule has 3 N–H and O–H groups in total. The van der Waals surface area contributed by atoms with E-state index in [0.29, 0.717) is 12.1 Å². The number of rotatable bonds is 1. The Labute approximate surface area is 91.7 Å². The summed E-state index contributed by atoms with van der Waals surface area (Å²) in [7, 11) is 0. The van der Waals surface area contributed by atoms with Crippen molar-refractivity contribution in [1.82, 2.24) is 0 Å². The van der Waals surface area contributed by atoms with Crippen molar-refractivity contribution in [2.45, 2.75) is 17.9 Å². The van der Waals surface area contributed by atoms with Crippen molar-refractivity contribution < 1.29 is 31.4 Å². The average molecular weight is 259 g/mol. The Morgan fingerprint density at radius 3 is 1.65 bits per heavy atom. The zero-order valence-corrected chi connectivity index (χ0v) is 8.10. The second kappa shape index (κ2) is 3.80. The number of phenolic OH excluding ortho intramolecular Hbond substituents is 1. The number of nitrogens with two attached hydrogens (primary N) is 1. The molecule has 0 fully saturated rings. The van der Waals surface area contributed by atoms with Gasteiger partial charge in [-0.3, -0.25) is 0 Å².